The quantitative estimate of drug-likeness (QED) is 0.678. The largest absolute Gasteiger partial charge is 0.354 e. The second-order valence-corrected chi connectivity index (χ2v) is 6.54. The number of nitrogens with two attached hydrogens (primary N) is 1. The number of fused-ring (bicyclic) bond motifs is 8. The molecule has 2 aromatic carbocycles. The maximum absolute atomic E-state index is 12.5. The van der Waals surface area contributed by atoms with Gasteiger partial charge in [0.1, 0.15) is 0 Å². The monoisotopic (exact) mass is 304 g/mol. The number of nitrogens with one attached hydrogen (secondary N) is 1. The summed E-state index contributed by atoms with van der Waals surface area (Å²) in [6, 6.07) is 6.07. The summed E-state index contributed by atoms with van der Waals surface area (Å²) >= 11 is 0. The Morgan fingerprint density at radius 1 is 1.04 bits per heavy atom. The minimum Gasteiger partial charge on any atom is -0.354 e. The van der Waals surface area contributed by atoms with Gasteiger partial charge in [0, 0.05) is 34.0 Å². The van der Waals surface area contributed by atoms with Gasteiger partial charge in [-0.1, -0.05) is 6.07 Å². The van der Waals surface area contributed by atoms with Crippen LogP contribution in [-0.4, -0.2) is 16.6 Å². The molecule has 3 aromatic rings. The van der Waals surface area contributed by atoms with Gasteiger partial charge in [-0.3, -0.25) is 9.59 Å². The van der Waals surface area contributed by atoms with Crippen LogP contribution in [0.25, 0.3) is 21.8 Å². The highest BCUT2D eigenvalue weighted by Gasteiger charge is 2.36. The summed E-state index contributed by atoms with van der Waals surface area (Å²) < 4.78 is 0. The minimum absolute atomic E-state index is 0.00520. The number of H-pyrrole nitrogens is 1. The van der Waals surface area contributed by atoms with Crippen LogP contribution >= 0.6 is 0 Å². The molecule has 0 unspecified atom stereocenters. The topological polar surface area (TPSA) is 76.0 Å². The smallest absolute Gasteiger partial charge is 0.172 e. The summed E-state index contributed by atoms with van der Waals surface area (Å²) in [4.78, 5) is 28.4. The second-order valence-electron chi connectivity index (χ2n) is 6.54. The minimum atomic E-state index is -0.0382. The standard InChI is InChI=1S/C19H16N2O2/c20-8-9-4-5-13-12(6-9)17-18-15(23)7-14(22)16(18)10-2-1-3-11(10)19(17)21-13/h4-6,21H,1-3,7-8,20H2. The number of aryl methyl sites for hydroxylation is 1. The van der Waals surface area contributed by atoms with Crippen molar-refractivity contribution in [3.8, 4) is 0 Å². The molecule has 4 heteroatoms. The van der Waals surface area contributed by atoms with Gasteiger partial charge in [0.25, 0.3) is 0 Å². The van der Waals surface area contributed by atoms with E-state index in [4.69, 9.17) is 5.73 Å². The van der Waals surface area contributed by atoms with E-state index in [1.807, 2.05) is 18.2 Å². The molecule has 1 heterocycles. The van der Waals surface area contributed by atoms with Crippen LogP contribution in [0.3, 0.4) is 0 Å². The van der Waals surface area contributed by atoms with Gasteiger partial charge in [-0.15, -0.1) is 0 Å². The highest BCUT2D eigenvalue weighted by molar-refractivity contribution is 6.33. The predicted octanol–water partition coefficient (Wildman–Crippen LogP) is 3.04. The molecule has 23 heavy (non-hydrogen) atoms. The van der Waals surface area contributed by atoms with E-state index in [2.05, 4.69) is 4.98 Å². The summed E-state index contributed by atoms with van der Waals surface area (Å²) in [7, 11) is 0. The number of benzene rings is 2. The molecule has 5 rings (SSSR count). The fraction of sp³-hybridized carbons (Fsp3) is 0.263. The van der Waals surface area contributed by atoms with E-state index >= 15 is 0 Å². The van der Waals surface area contributed by atoms with Gasteiger partial charge in [-0.05, 0) is 48.1 Å². The zero-order chi connectivity index (χ0) is 15.7. The van der Waals surface area contributed by atoms with Crippen molar-refractivity contribution in [2.24, 2.45) is 5.73 Å². The van der Waals surface area contributed by atoms with E-state index < -0.39 is 0 Å². The van der Waals surface area contributed by atoms with Crippen LogP contribution < -0.4 is 5.73 Å². The molecule has 0 aliphatic heterocycles. The molecule has 0 atom stereocenters. The Morgan fingerprint density at radius 2 is 1.83 bits per heavy atom. The molecule has 4 nitrogen and oxygen atoms in total. The van der Waals surface area contributed by atoms with Crippen LogP contribution in [0.5, 0.6) is 0 Å². The third kappa shape index (κ3) is 1.54. The number of aromatic nitrogens is 1. The molecule has 0 radical (unpaired) electrons. The SMILES string of the molecule is NCc1ccc2[nH]c3c4c(c5c(c3c2c1)C(=O)CC5=O)CCC4. The van der Waals surface area contributed by atoms with Gasteiger partial charge in [0.15, 0.2) is 11.6 Å². The molecule has 2 aliphatic rings. The molecule has 2 aliphatic carbocycles. The van der Waals surface area contributed by atoms with Crippen LogP contribution in [0.15, 0.2) is 18.2 Å². The van der Waals surface area contributed by atoms with E-state index in [1.54, 1.807) is 0 Å². The molecular weight excluding hydrogens is 288 g/mol. The van der Waals surface area contributed by atoms with Crippen molar-refractivity contribution in [3.63, 3.8) is 0 Å². The predicted molar refractivity (Wildman–Crippen MR) is 89.0 cm³/mol. The average Bonchev–Trinajstić information content (AvgIpc) is 3.22. The third-order valence-corrected chi connectivity index (χ3v) is 5.30. The van der Waals surface area contributed by atoms with Crippen LogP contribution in [0.2, 0.25) is 0 Å². The first-order chi connectivity index (χ1) is 11.2. The van der Waals surface area contributed by atoms with E-state index in [1.165, 1.54) is 5.56 Å². The molecule has 0 saturated carbocycles. The zero-order valence-electron chi connectivity index (χ0n) is 12.7. The lowest BCUT2D eigenvalue weighted by Gasteiger charge is -2.08. The summed E-state index contributed by atoms with van der Waals surface area (Å²) in [5.74, 6) is -0.0434. The first kappa shape index (κ1) is 13.0. The van der Waals surface area contributed by atoms with Crippen molar-refractivity contribution in [2.45, 2.75) is 32.2 Å². The summed E-state index contributed by atoms with van der Waals surface area (Å²) in [6.45, 7) is 0.461. The highest BCUT2D eigenvalue weighted by Crippen LogP contribution is 2.43. The zero-order valence-corrected chi connectivity index (χ0v) is 12.7. The molecule has 3 N–H and O–H groups in total. The molecule has 1 aromatic heterocycles. The lowest BCUT2D eigenvalue weighted by atomic mass is 9.93. The summed E-state index contributed by atoms with van der Waals surface area (Å²) in [6.07, 6.45) is 2.93. The van der Waals surface area contributed by atoms with E-state index in [-0.39, 0.29) is 18.0 Å². The maximum Gasteiger partial charge on any atom is 0.172 e. The first-order valence-corrected chi connectivity index (χ1v) is 8.07. The fourth-order valence-corrected chi connectivity index (χ4v) is 4.33. The number of hydrogen-bond acceptors (Lipinski definition) is 3. The second kappa shape index (κ2) is 4.30. The van der Waals surface area contributed by atoms with E-state index in [0.717, 1.165) is 52.2 Å². The van der Waals surface area contributed by atoms with Crippen LogP contribution in [-0.2, 0) is 19.4 Å². The molecule has 0 fully saturated rings. The highest BCUT2D eigenvalue weighted by atomic mass is 16.2. The van der Waals surface area contributed by atoms with Gasteiger partial charge in [0.2, 0.25) is 0 Å². The number of Topliss-reactive ketones (excluding diaryl/α,β-unsaturated/α-hetero) is 2. The summed E-state index contributed by atoms with van der Waals surface area (Å²) in [5, 5.41) is 1.94. The molecule has 0 saturated heterocycles. The van der Waals surface area contributed by atoms with Gasteiger partial charge in [-0.25, -0.2) is 0 Å². The van der Waals surface area contributed by atoms with E-state index in [0.29, 0.717) is 17.7 Å². The molecular formula is C19H16N2O2. The third-order valence-electron chi connectivity index (χ3n) is 5.30. The van der Waals surface area contributed by atoms with Crippen LogP contribution in [0.4, 0.5) is 0 Å². The molecule has 114 valence electrons. The number of rotatable bonds is 1. The Morgan fingerprint density at radius 3 is 2.65 bits per heavy atom. The lowest BCUT2D eigenvalue weighted by molar-refractivity contribution is 0.0923. The fourth-order valence-electron chi connectivity index (χ4n) is 4.33. The van der Waals surface area contributed by atoms with Crippen molar-refractivity contribution >= 4 is 33.4 Å². The van der Waals surface area contributed by atoms with Crippen LogP contribution in [0.1, 0.15) is 50.2 Å². The van der Waals surface area contributed by atoms with Crippen molar-refractivity contribution in [3.05, 3.63) is 46.0 Å². The van der Waals surface area contributed by atoms with Gasteiger partial charge < -0.3 is 10.7 Å². The molecule has 0 amide bonds. The van der Waals surface area contributed by atoms with Gasteiger partial charge in [0.05, 0.1) is 11.9 Å². The Hall–Kier alpha value is -2.46. The summed E-state index contributed by atoms with van der Waals surface area (Å²) in [5.41, 5.74) is 12.5. The molecule has 0 bridgehead atoms. The lowest BCUT2D eigenvalue weighted by Crippen LogP contribution is -2.00. The Bertz CT molecular complexity index is 1040. The maximum atomic E-state index is 12.5. The number of aromatic amines is 1. The number of carbonyl (C=O) groups excluding carboxylic acids is 2. The first-order valence-electron chi connectivity index (χ1n) is 8.07. The van der Waals surface area contributed by atoms with Crippen LogP contribution in [0, 0.1) is 0 Å². The number of carbonyl (C=O) groups is 2. The Labute approximate surface area is 132 Å². The van der Waals surface area contributed by atoms with Gasteiger partial charge in [-0.2, -0.15) is 0 Å². The van der Waals surface area contributed by atoms with Crippen molar-refractivity contribution in [1.29, 1.82) is 0 Å². The Kier molecular flexibility index (Phi) is 2.43. The van der Waals surface area contributed by atoms with Gasteiger partial charge >= 0.3 is 0 Å². The van der Waals surface area contributed by atoms with E-state index in [9.17, 15) is 9.59 Å². The number of hydrogen-bond donors (Lipinski definition) is 2. The average molecular weight is 304 g/mol. The normalized spacial score (nSPS) is 16.6. The van der Waals surface area contributed by atoms with Crippen molar-refractivity contribution in [2.75, 3.05) is 0 Å². The number of ketones is 2. The Balaban J connectivity index is 2.04. The molecule has 0 spiro atoms. The van der Waals surface area contributed by atoms with Crippen molar-refractivity contribution in [1.82, 2.24) is 4.98 Å². The van der Waals surface area contributed by atoms with Crippen molar-refractivity contribution < 1.29 is 9.59 Å².